The Morgan fingerprint density at radius 3 is 2.85 bits per heavy atom. The van der Waals surface area contributed by atoms with E-state index in [1.807, 2.05) is 11.4 Å². The number of methoxy groups -OCH3 is 1. The van der Waals surface area contributed by atoms with Crippen LogP contribution in [-0.2, 0) is 16.0 Å². The molecule has 0 fully saturated rings. The Kier molecular flexibility index (Phi) is 6.24. The third-order valence-corrected chi connectivity index (χ3v) is 5.28. The lowest BCUT2D eigenvalue weighted by molar-refractivity contribution is -0.118. The van der Waals surface area contributed by atoms with Crippen molar-refractivity contribution in [2.24, 2.45) is 0 Å². The molecule has 2 heterocycles. The molecule has 0 radical (unpaired) electrons. The number of carbonyl (C=O) groups excluding carboxylic acids is 3. The maximum absolute atomic E-state index is 12.7. The number of rotatable bonds is 6. The molecule has 6 nitrogen and oxygen atoms in total. The molecule has 0 unspecified atom stereocenters. The van der Waals surface area contributed by atoms with Gasteiger partial charge in [-0.3, -0.25) is 9.59 Å². The van der Waals surface area contributed by atoms with Crippen LogP contribution in [0, 0.1) is 0 Å². The fraction of sp³-hybridized carbons (Fsp3) is 0.350. The number of thiophene rings is 1. The van der Waals surface area contributed by atoms with Crippen LogP contribution in [-0.4, -0.2) is 38.0 Å². The zero-order valence-electron chi connectivity index (χ0n) is 15.2. The Balaban J connectivity index is 1.58. The summed E-state index contributed by atoms with van der Waals surface area (Å²) in [6.45, 7) is 1.08. The molecule has 0 spiro atoms. The van der Waals surface area contributed by atoms with Crippen LogP contribution in [0.4, 0.5) is 5.69 Å². The van der Waals surface area contributed by atoms with Gasteiger partial charge in [0.2, 0.25) is 5.91 Å². The molecule has 1 aliphatic rings. The molecule has 1 aromatic carbocycles. The third kappa shape index (κ3) is 4.36. The average Bonchev–Trinajstić information content (AvgIpc) is 3.24. The number of nitrogens with zero attached hydrogens (tertiary/aromatic N) is 1. The highest BCUT2D eigenvalue weighted by Gasteiger charge is 2.26. The van der Waals surface area contributed by atoms with Crippen LogP contribution in [0.1, 0.15) is 45.5 Å². The van der Waals surface area contributed by atoms with Gasteiger partial charge in [0.1, 0.15) is 0 Å². The summed E-state index contributed by atoms with van der Waals surface area (Å²) in [5.41, 5.74) is 2.83. The fourth-order valence-corrected chi connectivity index (χ4v) is 3.89. The second kappa shape index (κ2) is 8.81. The standard InChI is InChI=1S/C20H22N2O4S/c1-26-20(25)16-5-2-7-17-15(16)6-4-11-22(17)18(23)8-3-10-21-19(24)14-9-12-27-13-14/h2,5,7,9,12-13H,3-4,6,8,10-11H2,1H3,(H,21,24). The highest BCUT2D eigenvalue weighted by molar-refractivity contribution is 7.08. The SMILES string of the molecule is COC(=O)c1cccc2c1CCCN2C(=O)CCCNC(=O)c1ccsc1. The number of anilines is 1. The van der Waals surface area contributed by atoms with E-state index in [1.54, 1.807) is 28.5 Å². The quantitative estimate of drug-likeness (QED) is 0.612. The highest BCUT2D eigenvalue weighted by Crippen LogP contribution is 2.30. The minimum atomic E-state index is -0.378. The van der Waals surface area contributed by atoms with Crippen LogP contribution in [0.2, 0.25) is 0 Å². The number of fused-ring (bicyclic) bond motifs is 1. The summed E-state index contributed by atoms with van der Waals surface area (Å²) in [7, 11) is 1.36. The van der Waals surface area contributed by atoms with Gasteiger partial charge >= 0.3 is 5.97 Å². The van der Waals surface area contributed by atoms with Gasteiger partial charge in [0.15, 0.2) is 0 Å². The van der Waals surface area contributed by atoms with Gasteiger partial charge in [-0.15, -0.1) is 0 Å². The normalized spacial score (nSPS) is 13.0. The summed E-state index contributed by atoms with van der Waals surface area (Å²) in [5.74, 6) is -0.491. The van der Waals surface area contributed by atoms with E-state index < -0.39 is 0 Å². The van der Waals surface area contributed by atoms with E-state index >= 15 is 0 Å². The average molecular weight is 386 g/mol. The maximum atomic E-state index is 12.7. The van der Waals surface area contributed by atoms with Crippen molar-refractivity contribution in [3.05, 3.63) is 51.7 Å². The van der Waals surface area contributed by atoms with Crippen molar-refractivity contribution in [3.8, 4) is 0 Å². The zero-order chi connectivity index (χ0) is 19.2. The predicted octanol–water partition coefficient (Wildman–Crippen LogP) is 3.02. The molecule has 2 amide bonds. The van der Waals surface area contributed by atoms with Crippen LogP contribution < -0.4 is 10.2 Å². The van der Waals surface area contributed by atoms with E-state index in [4.69, 9.17) is 4.74 Å². The first-order valence-electron chi connectivity index (χ1n) is 8.92. The number of hydrogen-bond donors (Lipinski definition) is 1. The molecule has 0 saturated heterocycles. The number of benzene rings is 1. The van der Waals surface area contributed by atoms with Crippen LogP contribution in [0.3, 0.4) is 0 Å². The van der Waals surface area contributed by atoms with Gasteiger partial charge in [0, 0.05) is 36.1 Å². The van der Waals surface area contributed by atoms with Crippen molar-refractivity contribution in [3.63, 3.8) is 0 Å². The Hall–Kier alpha value is -2.67. The first kappa shape index (κ1) is 19.1. The van der Waals surface area contributed by atoms with E-state index in [1.165, 1.54) is 18.4 Å². The van der Waals surface area contributed by atoms with Gasteiger partial charge in [-0.1, -0.05) is 6.07 Å². The van der Waals surface area contributed by atoms with Crippen LogP contribution in [0.5, 0.6) is 0 Å². The number of carbonyl (C=O) groups is 3. The molecule has 0 saturated carbocycles. The van der Waals surface area contributed by atoms with Gasteiger partial charge in [-0.2, -0.15) is 11.3 Å². The number of esters is 1. The minimum absolute atomic E-state index is 0.00254. The second-order valence-electron chi connectivity index (χ2n) is 6.32. The van der Waals surface area contributed by atoms with Crippen molar-refractivity contribution in [1.29, 1.82) is 0 Å². The lowest BCUT2D eigenvalue weighted by Gasteiger charge is -2.30. The molecule has 27 heavy (non-hydrogen) atoms. The predicted molar refractivity (Wildman–Crippen MR) is 104 cm³/mol. The highest BCUT2D eigenvalue weighted by atomic mass is 32.1. The Morgan fingerprint density at radius 1 is 1.26 bits per heavy atom. The molecule has 7 heteroatoms. The molecular formula is C20H22N2O4S. The molecule has 3 rings (SSSR count). The first-order valence-corrected chi connectivity index (χ1v) is 9.87. The number of ether oxygens (including phenoxy) is 1. The van der Waals surface area contributed by atoms with Crippen molar-refractivity contribution in [2.45, 2.75) is 25.7 Å². The van der Waals surface area contributed by atoms with Gasteiger partial charge in [0.25, 0.3) is 5.91 Å². The summed E-state index contributed by atoms with van der Waals surface area (Å²) in [6, 6.07) is 7.16. The first-order chi connectivity index (χ1) is 13.1. The smallest absolute Gasteiger partial charge is 0.338 e. The number of hydrogen-bond acceptors (Lipinski definition) is 5. The van der Waals surface area contributed by atoms with Gasteiger partial charge in [0.05, 0.1) is 12.7 Å². The summed E-state index contributed by atoms with van der Waals surface area (Å²) in [4.78, 5) is 38.3. The molecule has 0 aliphatic carbocycles. The molecular weight excluding hydrogens is 364 g/mol. The van der Waals surface area contributed by atoms with Crippen LogP contribution in [0.25, 0.3) is 0 Å². The molecule has 2 aromatic rings. The van der Waals surface area contributed by atoms with E-state index in [2.05, 4.69) is 5.32 Å². The maximum Gasteiger partial charge on any atom is 0.338 e. The van der Waals surface area contributed by atoms with Gasteiger partial charge < -0.3 is 15.0 Å². The molecule has 142 valence electrons. The monoisotopic (exact) mass is 386 g/mol. The topological polar surface area (TPSA) is 75.7 Å². The van der Waals surface area contributed by atoms with E-state index in [9.17, 15) is 14.4 Å². The van der Waals surface area contributed by atoms with Gasteiger partial charge in [-0.05, 0) is 48.4 Å². The Labute approximate surface area is 162 Å². The van der Waals surface area contributed by atoms with Crippen molar-refractivity contribution >= 4 is 34.8 Å². The largest absolute Gasteiger partial charge is 0.465 e. The van der Waals surface area contributed by atoms with Crippen molar-refractivity contribution in [2.75, 3.05) is 25.1 Å². The molecule has 1 N–H and O–H groups in total. The minimum Gasteiger partial charge on any atom is -0.465 e. The third-order valence-electron chi connectivity index (χ3n) is 4.59. The molecule has 1 aliphatic heterocycles. The fourth-order valence-electron chi connectivity index (χ4n) is 3.26. The van der Waals surface area contributed by atoms with Crippen molar-refractivity contribution < 1.29 is 19.1 Å². The Morgan fingerprint density at radius 2 is 2.11 bits per heavy atom. The summed E-state index contributed by atoms with van der Waals surface area (Å²) in [5, 5.41) is 6.48. The zero-order valence-corrected chi connectivity index (χ0v) is 16.0. The number of amides is 2. The second-order valence-corrected chi connectivity index (χ2v) is 7.10. The summed E-state index contributed by atoms with van der Waals surface area (Å²) < 4.78 is 4.85. The molecule has 1 aromatic heterocycles. The molecule has 0 bridgehead atoms. The van der Waals surface area contributed by atoms with E-state index in [0.717, 1.165) is 24.1 Å². The summed E-state index contributed by atoms with van der Waals surface area (Å²) in [6.07, 6.45) is 2.46. The number of nitrogens with one attached hydrogen (secondary N) is 1. The van der Waals surface area contributed by atoms with E-state index in [0.29, 0.717) is 37.1 Å². The Bertz CT molecular complexity index is 833. The lowest BCUT2D eigenvalue weighted by Crippen LogP contribution is -2.36. The van der Waals surface area contributed by atoms with Crippen molar-refractivity contribution in [1.82, 2.24) is 5.32 Å². The van der Waals surface area contributed by atoms with Gasteiger partial charge in [-0.25, -0.2) is 4.79 Å². The summed E-state index contributed by atoms with van der Waals surface area (Å²) >= 11 is 1.47. The van der Waals surface area contributed by atoms with E-state index in [-0.39, 0.29) is 17.8 Å². The van der Waals surface area contributed by atoms with Crippen LogP contribution in [0.15, 0.2) is 35.0 Å². The molecule has 0 atom stereocenters. The van der Waals surface area contributed by atoms with Crippen LogP contribution >= 0.6 is 11.3 Å². The lowest BCUT2D eigenvalue weighted by atomic mass is 9.96.